The van der Waals surface area contributed by atoms with Crippen molar-refractivity contribution in [1.29, 1.82) is 0 Å². The zero-order valence-corrected chi connectivity index (χ0v) is 8.77. The number of carboxylic acid groups (broad SMARTS) is 1. The van der Waals surface area contributed by atoms with E-state index in [4.69, 9.17) is 10.8 Å². The molecular weight excluding hydrogens is 208 g/mol. The van der Waals surface area contributed by atoms with Gasteiger partial charge < -0.3 is 16.2 Å². The van der Waals surface area contributed by atoms with Crippen LogP contribution in [0.4, 0.5) is 5.69 Å². The monoisotopic (exact) mass is 222 g/mol. The Balaban J connectivity index is 2.53. The fourth-order valence-electron chi connectivity index (χ4n) is 1.31. The lowest BCUT2D eigenvalue weighted by molar-refractivity contribution is -0.118. The van der Waals surface area contributed by atoms with Gasteiger partial charge in [0.2, 0.25) is 5.91 Å². The predicted molar refractivity (Wildman–Crippen MR) is 60.3 cm³/mol. The quantitative estimate of drug-likeness (QED) is 0.627. The highest BCUT2D eigenvalue weighted by atomic mass is 16.4. The van der Waals surface area contributed by atoms with Crippen molar-refractivity contribution in [2.24, 2.45) is 5.73 Å². The van der Waals surface area contributed by atoms with Crippen molar-refractivity contribution in [2.75, 3.05) is 11.9 Å². The van der Waals surface area contributed by atoms with Crippen LogP contribution in [0.25, 0.3) is 0 Å². The Bertz CT molecular complexity index is 391. The lowest BCUT2D eigenvalue weighted by atomic mass is 10.1. The average molecular weight is 222 g/mol. The predicted octanol–water partition coefficient (Wildman–Crippen LogP) is 1.06. The second-order valence-corrected chi connectivity index (χ2v) is 3.35. The number of amides is 1. The van der Waals surface area contributed by atoms with E-state index >= 15 is 0 Å². The van der Waals surface area contributed by atoms with Crippen LogP contribution < -0.4 is 11.1 Å². The Hall–Kier alpha value is -2.04. The highest BCUT2D eigenvalue weighted by Gasteiger charge is 2.07. The van der Waals surface area contributed by atoms with Gasteiger partial charge >= 0.3 is 5.97 Å². The first-order valence-electron chi connectivity index (χ1n) is 4.95. The summed E-state index contributed by atoms with van der Waals surface area (Å²) >= 11 is 0. The number of carboxylic acids is 1. The number of aromatic carboxylic acids is 1. The fraction of sp³-hybridized carbons (Fsp3) is 0.273. The number of carbonyl (C=O) groups is 2. The van der Waals surface area contributed by atoms with Gasteiger partial charge in [0.1, 0.15) is 0 Å². The molecular formula is C11H14N2O3. The smallest absolute Gasteiger partial charge is 0.337 e. The first-order valence-corrected chi connectivity index (χ1v) is 4.95. The first-order chi connectivity index (χ1) is 7.61. The van der Waals surface area contributed by atoms with Crippen molar-refractivity contribution in [3.8, 4) is 0 Å². The van der Waals surface area contributed by atoms with Crippen LogP contribution in [0.3, 0.4) is 0 Å². The molecule has 0 saturated carbocycles. The Labute approximate surface area is 93.3 Å². The minimum Gasteiger partial charge on any atom is -0.478 e. The first kappa shape index (κ1) is 12.0. The molecule has 0 aliphatic rings. The van der Waals surface area contributed by atoms with Gasteiger partial charge in [0, 0.05) is 18.7 Å². The molecule has 1 amide bonds. The zero-order valence-electron chi connectivity index (χ0n) is 8.77. The van der Waals surface area contributed by atoms with E-state index in [9.17, 15) is 9.59 Å². The van der Waals surface area contributed by atoms with Crippen LogP contribution in [0.5, 0.6) is 0 Å². The third kappa shape index (κ3) is 3.61. The lowest BCUT2D eigenvalue weighted by Crippen LogP contribution is -2.13. The number of carbonyl (C=O) groups excluding carboxylic acids is 1. The highest BCUT2D eigenvalue weighted by molar-refractivity contribution is 5.94. The van der Waals surface area contributed by atoms with Crippen LogP contribution in [0, 0.1) is 0 Å². The Kier molecular flexibility index (Phi) is 4.32. The summed E-state index contributed by atoms with van der Waals surface area (Å²) in [5.41, 5.74) is 5.77. The van der Waals surface area contributed by atoms with E-state index in [0.717, 1.165) is 0 Å². The van der Waals surface area contributed by atoms with E-state index < -0.39 is 5.97 Å². The van der Waals surface area contributed by atoms with Crippen LogP contribution in [0.2, 0.25) is 0 Å². The summed E-state index contributed by atoms with van der Waals surface area (Å²) in [6.07, 6.45) is 0.880. The number of para-hydroxylation sites is 1. The highest BCUT2D eigenvalue weighted by Crippen LogP contribution is 2.14. The second-order valence-electron chi connectivity index (χ2n) is 3.35. The van der Waals surface area contributed by atoms with Gasteiger partial charge in [-0.3, -0.25) is 4.79 Å². The van der Waals surface area contributed by atoms with Gasteiger partial charge in [0.15, 0.2) is 0 Å². The Morgan fingerprint density at radius 2 is 2.00 bits per heavy atom. The standard InChI is InChI=1S/C11H14N2O3/c12-10(14)6-3-7-13-9-5-2-1-4-8(9)11(15)16/h1-2,4-5,13H,3,6-7H2,(H2,12,14)(H,15,16). The molecule has 0 radical (unpaired) electrons. The van der Waals surface area contributed by atoms with Crippen molar-refractivity contribution in [1.82, 2.24) is 0 Å². The summed E-state index contributed by atoms with van der Waals surface area (Å²) in [7, 11) is 0. The molecule has 0 heterocycles. The number of benzene rings is 1. The average Bonchev–Trinajstić information content (AvgIpc) is 2.24. The summed E-state index contributed by atoms with van der Waals surface area (Å²) in [6.45, 7) is 0.521. The van der Waals surface area contributed by atoms with Gasteiger partial charge in [-0.15, -0.1) is 0 Å². The molecule has 1 aromatic carbocycles. The number of primary amides is 1. The number of hydrogen-bond acceptors (Lipinski definition) is 3. The summed E-state index contributed by atoms with van der Waals surface area (Å²) < 4.78 is 0. The lowest BCUT2D eigenvalue weighted by Gasteiger charge is -2.08. The molecule has 0 aliphatic heterocycles. The summed E-state index contributed by atoms with van der Waals surface area (Å²) in [4.78, 5) is 21.3. The van der Waals surface area contributed by atoms with Crippen molar-refractivity contribution in [3.63, 3.8) is 0 Å². The molecule has 0 aliphatic carbocycles. The van der Waals surface area contributed by atoms with Gasteiger partial charge in [-0.25, -0.2) is 4.79 Å². The summed E-state index contributed by atoms with van der Waals surface area (Å²) in [5.74, 6) is -1.33. The van der Waals surface area contributed by atoms with Crippen molar-refractivity contribution >= 4 is 17.6 Å². The van der Waals surface area contributed by atoms with Crippen molar-refractivity contribution in [3.05, 3.63) is 29.8 Å². The van der Waals surface area contributed by atoms with Gasteiger partial charge in [-0.2, -0.15) is 0 Å². The molecule has 0 bridgehead atoms. The van der Waals surface area contributed by atoms with Crippen LogP contribution in [0.1, 0.15) is 23.2 Å². The van der Waals surface area contributed by atoms with Crippen molar-refractivity contribution in [2.45, 2.75) is 12.8 Å². The Morgan fingerprint density at radius 1 is 1.31 bits per heavy atom. The molecule has 16 heavy (non-hydrogen) atoms. The summed E-state index contributed by atoms with van der Waals surface area (Å²) in [5, 5.41) is 11.9. The number of rotatable bonds is 6. The molecule has 86 valence electrons. The topological polar surface area (TPSA) is 92.4 Å². The molecule has 1 rings (SSSR count). The second kappa shape index (κ2) is 5.75. The third-order valence-corrected chi connectivity index (χ3v) is 2.07. The molecule has 4 N–H and O–H groups in total. The molecule has 5 heteroatoms. The number of nitrogens with two attached hydrogens (primary N) is 1. The number of anilines is 1. The number of nitrogens with one attached hydrogen (secondary N) is 1. The van der Waals surface area contributed by atoms with E-state index in [0.29, 0.717) is 25.1 Å². The Morgan fingerprint density at radius 3 is 2.62 bits per heavy atom. The molecule has 5 nitrogen and oxygen atoms in total. The van der Waals surface area contributed by atoms with Gasteiger partial charge in [-0.05, 0) is 18.6 Å². The normalized spacial score (nSPS) is 9.75. The molecule has 0 atom stereocenters. The van der Waals surface area contributed by atoms with Crippen molar-refractivity contribution < 1.29 is 14.7 Å². The molecule has 1 aromatic rings. The molecule has 0 unspecified atom stereocenters. The molecule has 0 saturated heterocycles. The molecule has 0 aromatic heterocycles. The maximum Gasteiger partial charge on any atom is 0.337 e. The maximum atomic E-state index is 10.8. The van der Waals surface area contributed by atoms with Gasteiger partial charge in [0.05, 0.1) is 5.56 Å². The summed E-state index contributed by atoms with van der Waals surface area (Å²) in [6, 6.07) is 6.63. The zero-order chi connectivity index (χ0) is 12.0. The van der Waals surface area contributed by atoms with Crippen LogP contribution >= 0.6 is 0 Å². The van der Waals surface area contributed by atoms with E-state index in [1.54, 1.807) is 18.2 Å². The largest absolute Gasteiger partial charge is 0.478 e. The van der Waals surface area contributed by atoms with Crippen LogP contribution in [-0.2, 0) is 4.79 Å². The van der Waals surface area contributed by atoms with E-state index in [-0.39, 0.29) is 11.5 Å². The van der Waals surface area contributed by atoms with E-state index in [2.05, 4.69) is 5.32 Å². The molecule has 0 spiro atoms. The van der Waals surface area contributed by atoms with Crippen LogP contribution in [-0.4, -0.2) is 23.5 Å². The van der Waals surface area contributed by atoms with Gasteiger partial charge in [0.25, 0.3) is 0 Å². The SMILES string of the molecule is NC(=O)CCCNc1ccccc1C(=O)O. The molecule has 0 fully saturated rings. The number of hydrogen-bond donors (Lipinski definition) is 3. The maximum absolute atomic E-state index is 10.8. The van der Waals surface area contributed by atoms with E-state index in [1.165, 1.54) is 6.07 Å². The fourth-order valence-corrected chi connectivity index (χ4v) is 1.31. The minimum absolute atomic E-state index is 0.224. The minimum atomic E-state index is -0.974. The van der Waals surface area contributed by atoms with Crippen LogP contribution in [0.15, 0.2) is 24.3 Å². The van der Waals surface area contributed by atoms with E-state index in [1.807, 2.05) is 0 Å². The van der Waals surface area contributed by atoms with Gasteiger partial charge in [-0.1, -0.05) is 12.1 Å². The third-order valence-electron chi connectivity index (χ3n) is 2.07.